The second kappa shape index (κ2) is 14.5. The lowest BCUT2D eigenvalue weighted by Crippen LogP contribution is -2.47. The van der Waals surface area contributed by atoms with E-state index < -0.39 is 11.6 Å². The number of aliphatic imine (C=N–C) groups is 1. The monoisotopic (exact) mass is 594 g/mol. The maximum atomic E-state index is 14.3. The Labute approximate surface area is 256 Å². The summed E-state index contributed by atoms with van der Waals surface area (Å²) >= 11 is 0. The highest BCUT2D eigenvalue weighted by atomic mass is 19.1. The van der Waals surface area contributed by atoms with Crippen molar-refractivity contribution in [1.29, 1.82) is 0 Å². The maximum absolute atomic E-state index is 14.3. The van der Waals surface area contributed by atoms with Crippen LogP contribution in [0, 0.1) is 5.82 Å². The van der Waals surface area contributed by atoms with Gasteiger partial charge in [-0.2, -0.15) is 0 Å². The number of carbonyl (C=O) groups excluding carboxylic acids is 1. The Balaban J connectivity index is 1.53. The first-order valence-electron chi connectivity index (χ1n) is 14.5. The van der Waals surface area contributed by atoms with Crippen LogP contribution in [-0.2, 0) is 16.1 Å². The van der Waals surface area contributed by atoms with Crippen LogP contribution in [0.1, 0.15) is 41.2 Å². The Morgan fingerprint density at radius 2 is 1.77 bits per heavy atom. The number of hydrogen-bond donors (Lipinski definition) is 2. The molecule has 5 rings (SSSR count). The number of methoxy groups -OCH3 is 1. The Kier molecular flexibility index (Phi) is 10.0. The van der Waals surface area contributed by atoms with Gasteiger partial charge in [0, 0.05) is 31.6 Å². The summed E-state index contributed by atoms with van der Waals surface area (Å²) < 4.78 is 31.3. The first-order chi connectivity index (χ1) is 21.5. The summed E-state index contributed by atoms with van der Waals surface area (Å²) in [6, 6.07) is 30.6. The summed E-state index contributed by atoms with van der Waals surface area (Å²) in [5.41, 5.74) is 1.80. The molecule has 0 aliphatic carbocycles. The highest BCUT2D eigenvalue weighted by Crippen LogP contribution is 2.43. The van der Waals surface area contributed by atoms with E-state index in [0.29, 0.717) is 36.0 Å². The standard InChI is InChI=1S/C36H35FN2O5/c1-42-32-12-5-11-29(24-32)33-36(21-6-10-26-8-3-2-4-9-26,35(41)38-25-27-13-17-30(37)18-14-27)39-34(44-33)28-15-19-31(20-16-28)43-23-7-22-40/h2-6,8-20,24,33,40H,7,21-23,25H2,1H3,(H,38,41)/b10-6+/t33-,36-/m1/s1. The maximum Gasteiger partial charge on any atom is 0.252 e. The fourth-order valence-electron chi connectivity index (χ4n) is 5.00. The molecule has 0 fully saturated rings. The number of rotatable bonds is 13. The van der Waals surface area contributed by atoms with E-state index in [4.69, 9.17) is 24.3 Å². The summed E-state index contributed by atoms with van der Waals surface area (Å²) in [4.78, 5) is 19.3. The molecule has 0 saturated carbocycles. The highest BCUT2D eigenvalue weighted by Gasteiger charge is 2.52. The molecule has 2 atom stereocenters. The van der Waals surface area contributed by atoms with Gasteiger partial charge in [0.2, 0.25) is 5.90 Å². The lowest BCUT2D eigenvalue weighted by Gasteiger charge is -2.30. The molecule has 0 spiro atoms. The molecule has 2 N–H and O–H groups in total. The molecule has 226 valence electrons. The minimum Gasteiger partial charge on any atom is -0.497 e. The third kappa shape index (κ3) is 7.33. The first-order valence-corrected chi connectivity index (χ1v) is 14.5. The number of nitrogens with zero attached hydrogens (tertiary/aromatic N) is 1. The fraction of sp³-hybridized carbons (Fsp3) is 0.222. The van der Waals surface area contributed by atoms with Gasteiger partial charge in [0.1, 0.15) is 17.3 Å². The van der Waals surface area contributed by atoms with E-state index in [-0.39, 0.29) is 31.3 Å². The molecule has 8 heteroatoms. The van der Waals surface area contributed by atoms with Gasteiger partial charge < -0.3 is 24.6 Å². The van der Waals surface area contributed by atoms with Crippen LogP contribution >= 0.6 is 0 Å². The van der Waals surface area contributed by atoms with Gasteiger partial charge in [0.25, 0.3) is 5.91 Å². The minimum absolute atomic E-state index is 0.0540. The molecule has 0 unspecified atom stereocenters. The zero-order valence-corrected chi connectivity index (χ0v) is 24.5. The smallest absolute Gasteiger partial charge is 0.252 e. The van der Waals surface area contributed by atoms with E-state index in [1.54, 1.807) is 19.2 Å². The van der Waals surface area contributed by atoms with Crippen LogP contribution in [0.15, 0.2) is 114 Å². The first kappa shape index (κ1) is 30.5. The summed E-state index contributed by atoms with van der Waals surface area (Å²) in [7, 11) is 1.59. The lowest BCUT2D eigenvalue weighted by molar-refractivity contribution is -0.129. The minimum atomic E-state index is -1.37. The van der Waals surface area contributed by atoms with Crippen LogP contribution < -0.4 is 14.8 Å². The zero-order valence-electron chi connectivity index (χ0n) is 24.5. The molecule has 4 aromatic rings. The van der Waals surface area contributed by atoms with Crippen molar-refractivity contribution < 1.29 is 28.5 Å². The number of halogens is 1. The number of aliphatic hydroxyl groups excluding tert-OH is 1. The molecular weight excluding hydrogens is 559 g/mol. The molecule has 44 heavy (non-hydrogen) atoms. The molecule has 4 aromatic carbocycles. The number of benzene rings is 4. The number of nitrogens with one attached hydrogen (secondary N) is 1. The van der Waals surface area contributed by atoms with Crippen molar-refractivity contribution in [1.82, 2.24) is 5.32 Å². The number of ether oxygens (including phenoxy) is 3. The second-order valence-electron chi connectivity index (χ2n) is 10.4. The van der Waals surface area contributed by atoms with E-state index in [1.807, 2.05) is 91.0 Å². The van der Waals surface area contributed by atoms with Gasteiger partial charge >= 0.3 is 0 Å². The number of aliphatic hydroxyl groups is 1. The summed E-state index contributed by atoms with van der Waals surface area (Å²) in [5.74, 6) is 0.934. The second-order valence-corrected chi connectivity index (χ2v) is 10.4. The van der Waals surface area contributed by atoms with E-state index >= 15 is 0 Å². The van der Waals surface area contributed by atoms with Crippen LogP contribution in [0.5, 0.6) is 11.5 Å². The van der Waals surface area contributed by atoms with Gasteiger partial charge in [-0.3, -0.25) is 4.79 Å². The van der Waals surface area contributed by atoms with Crippen LogP contribution in [0.4, 0.5) is 4.39 Å². The average Bonchev–Trinajstić information content (AvgIpc) is 3.46. The highest BCUT2D eigenvalue weighted by molar-refractivity contribution is 6.01. The Bertz CT molecular complexity index is 1590. The van der Waals surface area contributed by atoms with Gasteiger partial charge in [-0.1, -0.05) is 66.7 Å². The third-order valence-corrected chi connectivity index (χ3v) is 7.33. The lowest BCUT2D eigenvalue weighted by atomic mass is 9.84. The number of amides is 1. The molecule has 0 radical (unpaired) electrons. The summed E-state index contributed by atoms with van der Waals surface area (Å²) in [5, 5.41) is 12.1. The van der Waals surface area contributed by atoms with Crippen molar-refractivity contribution in [2.24, 2.45) is 4.99 Å². The van der Waals surface area contributed by atoms with Crippen molar-refractivity contribution in [3.05, 3.63) is 137 Å². The molecule has 1 heterocycles. The Hall–Kier alpha value is -4.95. The van der Waals surface area contributed by atoms with E-state index in [1.165, 1.54) is 12.1 Å². The molecule has 1 amide bonds. The topological polar surface area (TPSA) is 89.4 Å². The molecular formula is C36H35FN2O5. The summed E-state index contributed by atoms with van der Waals surface area (Å²) in [6.45, 7) is 0.646. The predicted molar refractivity (Wildman–Crippen MR) is 168 cm³/mol. The van der Waals surface area contributed by atoms with Crippen molar-refractivity contribution >= 4 is 17.9 Å². The van der Waals surface area contributed by atoms with Crippen molar-refractivity contribution in [3.63, 3.8) is 0 Å². The van der Waals surface area contributed by atoms with Crippen molar-refractivity contribution in [2.45, 2.75) is 31.0 Å². The van der Waals surface area contributed by atoms with Gasteiger partial charge in [0.05, 0.1) is 13.7 Å². The quantitative estimate of drug-likeness (QED) is 0.178. The third-order valence-electron chi connectivity index (χ3n) is 7.33. The van der Waals surface area contributed by atoms with E-state index in [0.717, 1.165) is 16.7 Å². The molecule has 1 aliphatic rings. The summed E-state index contributed by atoms with van der Waals surface area (Å²) in [6.07, 6.45) is 3.90. The Morgan fingerprint density at radius 1 is 1.00 bits per heavy atom. The molecule has 0 aromatic heterocycles. The normalized spacial score (nSPS) is 17.6. The van der Waals surface area contributed by atoms with E-state index in [9.17, 15) is 9.18 Å². The largest absolute Gasteiger partial charge is 0.497 e. The Morgan fingerprint density at radius 3 is 2.50 bits per heavy atom. The van der Waals surface area contributed by atoms with Crippen molar-refractivity contribution in [2.75, 3.05) is 20.3 Å². The fourth-order valence-corrected chi connectivity index (χ4v) is 5.00. The zero-order chi connectivity index (χ0) is 30.8. The number of hydrogen-bond acceptors (Lipinski definition) is 6. The number of carbonyl (C=O) groups is 1. The molecule has 7 nitrogen and oxygen atoms in total. The van der Waals surface area contributed by atoms with Crippen molar-refractivity contribution in [3.8, 4) is 11.5 Å². The van der Waals surface area contributed by atoms with Gasteiger partial charge in [0.15, 0.2) is 11.6 Å². The van der Waals surface area contributed by atoms with Gasteiger partial charge in [-0.25, -0.2) is 9.38 Å². The molecule has 0 saturated heterocycles. The molecule has 1 aliphatic heterocycles. The average molecular weight is 595 g/mol. The van der Waals surface area contributed by atoms with E-state index in [2.05, 4.69) is 5.32 Å². The van der Waals surface area contributed by atoms with Gasteiger partial charge in [-0.05, 0) is 65.2 Å². The van der Waals surface area contributed by atoms with Gasteiger partial charge in [-0.15, -0.1) is 0 Å². The van der Waals surface area contributed by atoms with Crippen LogP contribution in [0.3, 0.4) is 0 Å². The van der Waals surface area contributed by atoms with Crippen LogP contribution in [-0.4, -0.2) is 42.8 Å². The SMILES string of the molecule is COc1cccc([C@H]2OC(c3ccc(OCCCO)cc3)=N[C@@]2(C/C=C/c2ccccc2)C(=O)NCc2ccc(F)cc2)c1. The van der Waals surface area contributed by atoms with Crippen LogP contribution in [0.2, 0.25) is 0 Å². The molecule has 0 bridgehead atoms. The predicted octanol–water partition coefficient (Wildman–Crippen LogP) is 6.27. The van der Waals surface area contributed by atoms with Crippen LogP contribution in [0.25, 0.3) is 6.08 Å².